The van der Waals surface area contributed by atoms with Gasteiger partial charge in [-0.15, -0.1) is 0 Å². The van der Waals surface area contributed by atoms with E-state index in [0.29, 0.717) is 5.39 Å². The quantitative estimate of drug-likeness (QED) is 0.534. The second kappa shape index (κ2) is 2.35. The fraction of sp³-hybridized carbons (Fsp3) is 0. The van der Waals surface area contributed by atoms with Gasteiger partial charge in [0, 0.05) is 5.39 Å². The molecule has 0 N–H and O–H groups in total. The van der Waals surface area contributed by atoms with Gasteiger partial charge in [0.05, 0.1) is 0 Å². The lowest BCUT2D eigenvalue weighted by atomic mass is 10.1. The molecule has 0 saturated heterocycles. The first kappa shape index (κ1) is 6.35. The normalized spacial score (nSPS) is 10.3. The van der Waals surface area contributed by atoms with Gasteiger partial charge in [-0.2, -0.15) is 0 Å². The van der Waals surface area contributed by atoms with Crippen LogP contribution in [0, 0.1) is 11.9 Å². The van der Waals surface area contributed by atoms with E-state index in [-0.39, 0.29) is 5.82 Å². The second-order valence-electron chi connectivity index (χ2n) is 2.39. The first-order valence-electron chi connectivity index (χ1n) is 3.42. The summed E-state index contributed by atoms with van der Waals surface area (Å²) in [5.74, 6) is -0.205. The summed E-state index contributed by atoms with van der Waals surface area (Å²) in [5, 5.41) is 1.55. The van der Waals surface area contributed by atoms with Gasteiger partial charge in [-0.1, -0.05) is 24.3 Å². The first-order chi connectivity index (χ1) is 5.38. The standard InChI is InChI=1S/C10H6F/c11-10-7-3-5-8-4-1-2-6-9(8)10/h1-2,4-7H. The average Bonchev–Trinajstić information content (AvgIpc) is 2.06. The zero-order valence-electron chi connectivity index (χ0n) is 5.84. The van der Waals surface area contributed by atoms with Crippen LogP contribution in [0.3, 0.4) is 0 Å². The fourth-order valence-corrected chi connectivity index (χ4v) is 1.12. The summed E-state index contributed by atoms with van der Waals surface area (Å²) in [7, 11) is 0. The van der Waals surface area contributed by atoms with E-state index < -0.39 is 0 Å². The molecule has 2 aromatic carbocycles. The number of halogens is 1. The molecule has 0 heterocycles. The Hall–Kier alpha value is -1.37. The van der Waals surface area contributed by atoms with E-state index in [2.05, 4.69) is 6.07 Å². The van der Waals surface area contributed by atoms with Gasteiger partial charge in [-0.25, -0.2) is 4.39 Å². The molecule has 11 heavy (non-hydrogen) atoms. The minimum atomic E-state index is -0.205. The van der Waals surface area contributed by atoms with Crippen molar-refractivity contribution in [2.45, 2.75) is 0 Å². The van der Waals surface area contributed by atoms with Crippen LogP contribution in [0.25, 0.3) is 10.8 Å². The van der Waals surface area contributed by atoms with Crippen LogP contribution in [0.5, 0.6) is 0 Å². The van der Waals surface area contributed by atoms with Crippen molar-refractivity contribution >= 4 is 10.8 Å². The van der Waals surface area contributed by atoms with Crippen LogP contribution in [0.15, 0.2) is 36.4 Å². The molecule has 0 saturated carbocycles. The Kier molecular flexibility index (Phi) is 1.35. The van der Waals surface area contributed by atoms with Gasteiger partial charge in [-0.05, 0) is 23.6 Å². The van der Waals surface area contributed by atoms with Gasteiger partial charge in [0.2, 0.25) is 0 Å². The lowest BCUT2D eigenvalue weighted by molar-refractivity contribution is 0.639. The fourth-order valence-electron chi connectivity index (χ4n) is 1.12. The zero-order chi connectivity index (χ0) is 7.68. The molecule has 0 aliphatic rings. The van der Waals surface area contributed by atoms with Crippen molar-refractivity contribution in [3.05, 3.63) is 48.3 Å². The monoisotopic (exact) mass is 145 g/mol. The average molecular weight is 145 g/mol. The highest BCUT2D eigenvalue weighted by molar-refractivity contribution is 5.82. The SMILES string of the molecule is Fc1c[c]cc2ccccc12. The highest BCUT2D eigenvalue weighted by Crippen LogP contribution is 2.15. The molecule has 0 nitrogen and oxygen atoms in total. The van der Waals surface area contributed by atoms with Crippen molar-refractivity contribution in [3.63, 3.8) is 0 Å². The van der Waals surface area contributed by atoms with Crippen molar-refractivity contribution in [1.29, 1.82) is 0 Å². The molecule has 0 amide bonds. The van der Waals surface area contributed by atoms with Crippen LogP contribution in [0.4, 0.5) is 4.39 Å². The van der Waals surface area contributed by atoms with E-state index in [0.717, 1.165) is 5.39 Å². The van der Waals surface area contributed by atoms with Gasteiger partial charge in [0.1, 0.15) is 5.82 Å². The third-order valence-electron chi connectivity index (χ3n) is 1.67. The second-order valence-corrected chi connectivity index (χ2v) is 2.39. The van der Waals surface area contributed by atoms with Crippen molar-refractivity contribution in [3.8, 4) is 0 Å². The maximum atomic E-state index is 13.0. The Balaban J connectivity index is 2.91. The summed E-state index contributed by atoms with van der Waals surface area (Å²) in [6.07, 6.45) is 0. The van der Waals surface area contributed by atoms with Gasteiger partial charge >= 0.3 is 0 Å². The van der Waals surface area contributed by atoms with Gasteiger partial charge in [0.25, 0.3) is 0 Å². The Morgan fingerprint density at radius 2 is 1.91 bits per heavy atom. The highest BCUT2D eigenvalue weighted by Gasteiger charge is 1.95. The van der Waals surface area contributed by atoms with E-state index in [4.69, 9.17) is 0 Å². The molecule has 0 aromatic heterocycles. The predicted molar refractivity (Wildman–Crippen MR) is 42.7 cm³/mol. The molecule has 0 fully saturated rings. The van der Waals surface area contributed by atoms with Crippen LogP contribution in [0.1, 0.15) is 0 Å². The molecular formula is C10H6F. The Bertz CT molecular complexity index is 374. The van der Waals surface area contributed by atoms with Gasteiger partial charge < -0.3 is 0 Å². The van der Waals surface area contributed by atoms with E-state index in [1.807, 2.05) is 18.2 Å². The smallest absolute Gasteiger partial charge is 0.131 e. The van der Waals surface area contributed by atoms with E-state index in [1.165, 1.54) is 6.07 Å². The largest absolute Gasteiger partial charge is 0.206 e. The zero-order valence-corrected chi connectivity index (χ0v) is 5.84. The molecule has 0 aliphatic carbocycles. The number of hydrogen-bond acceptors (Lipinski definition) is 0. The molecular weight excluding hydrogens is 139 g/mol. The predicted octanol–water partition coefficient (Wildman–Crippen LogP) is 2.78. The Morgan fingerprint density at radius 1 is 1.09 bits per heavy atom. The minimum Gasteiger partial charge on any atom is -0.206 e. The maximum Gasteiger partial charge on any atom is 0.131 e. The number of hydrogen-bond donors (Lipinski definition) is 0. The lowest BCUT2D eigenvalue weighted by Gasteiger charge is -1.95. The van der Waals surface area contributed by atoms with Crippen LogP contribution < -0.4 is 0 Å². The molecule has 0 unspecified atom stereocenters. The number of fused-ring (bicyclic) bond motifs is 1. The van der Waals surface area contributed by atoms with Crippen LogP contribution >= 0.6 is 0 Å². The van der Waals surface area contributed by atoms with Crippen molar-refractivity contribution in [2.75, 3.05) is 0 Å². The van der Waals surface area contributed by atoms with Crippen LogP contribution in [-0.2, 0) is 0 Å². The Morgan fingerprint density at radius 3 is 2.73 bits per heavy atom. The molecule has 53 valence electrons. The van der Waals surface area contributed by atoms with E-state index in [1.54, 1.807) is 12.1 Å². The first-order valence-corrected chi connectivity index (χ1v) is 3.42. The molecule has 1 heteroatoms. The van der Waals surface area contributed by atoms with Crippen LogP contribution in [0.2, 0.25) is 0 Å². The van der Waals surface area contributed by atoms with E-state index in [9.17, 15) is 4.39 Å². The van der Waals surface area contributed by atoms with Crippen molar-refractivity contribution < 1.29 is 4.39 Å². The molecule has 1 radical (unpaired) electrons. The summed E-state index contributed by atoms with van der Waals surface area (Å²) in [6, 6.07) is 13.2. The van der Waals surface area contributed by atoms with Crippen molar-refractivity contribution in [2.24, 2.45) is 0 Å². The third kappa shape index (κ3) is 0.984. The van der Waals surface area contributed by atoms with Crippen LogP contribution in [-0.4, -0.2) is 0 Å². The Labute approximate surface area is 64.3 Å². The van der Waals surface area contributed by atoms with E-state index >= 15 is 0 Å². The highest BCUT2D eigenvalue weighted by atomic mass is 19.1. The minimum absolute atomic E-state index is 0.205. The number of rotatable bonds is 0. The maximum absolute atomic E-state index is 13.0. The molecule has 2 aromatic rings. The molecule has 0 bridgehead atoms. The molecule has 0 spiro atoms. The molecule has 0 atom stereocenters. The summed E-state index contributed by atoms with van der Waals surface area (Å²) < 4.78 is 13.0. The van der Waals surface area contributed by atoms with Crippen molar-refractivity contribution in [1.82, 2.24) is 0 Å². The topological polar surface area (TPSA) is 0 Å². The summed E-state index contributed by atoms with van der Waals surface area (Å²) in [5.41, 5.74) is 0. The molecule has 2 rings (SSSR count). The lowest BCUT2D eigenvalue weighted by Crippen LogP contribution is -1.76. The summed E-state index contributed by atoms with van der Waals surface area (Å²) >= 11 is 0. The number of benzene rings is 2. The molecule has 0 aliphatic heterocycles. The third-order valence-corrected chi connectivity index (χ3v) is 1.67. The summed E-state index contributed by atoms with van der Waals surface area (Å²) in [4.78, 5) is 0. The van der Waals surface area contributed by atoms with Gasteiger partial charge in [-0.3, -0.25) is 0 Å². The summed E-state index contributed by atoms with van der Waals surface area (Å²) in [6.45, 7) is 0. The van der Waals surface area contributed by atoms with Gasteiger partial charge in [0.15, 0.2) is 0 Å².